The van der Waals surface area contributed by atoms with E-state index in [1.54, 1.807) is 11.8 Å². The van der Waals surface area contributed by atoms with Crippen LogP contribution in [-0.4, -0.2) is 36.3 Å². The highest BCUT2D eigenvalue weighted by Crippen LogP contribution is 2.21. The SMILES string of the molecule is CCc1cccc(C)c1NC(=O)CN(CC)CC(=O)Nc1c(F)cccc1F. The first-order valence-electron chi connectivity index (χ1n) is 9.20. The Bertz CT molecular complexity index is 835. The third-order valence-corrected chi connectivity index (χ3v) is 4.41. The van der Waals surface area contributed by atoms with Crippen molar-refractivity contribution >= 4 is 23.2 Å². The molecule has 0 unspecified atom stereocenters. The lowest BCUT2D eigenvalue weighted by Crippen LogP contribution is -2.39. The molecule has 2 aromatic rings. The van der Waals surface area contributed by atoms with Crippen molar-refractivity contribution in [2.24, 2.45) is 0 Å². The van der Waals surface area contributed by atoms with Gasteiger partial charge in [-0.3, -0.25) is 14.5 Å². The molecule has 0 fully saturated rings. The maximum absolute atomic E-state index is 13.7. The molecule has 0 aliphatic rings. The van der Waals surface area contributed by atoms with Crippen LogP contribution in [0.2, 0.25) is 0 Å². The zero-order chi connectivity index (χ0) is 20.7. The van der Waals surface area contributed by atoms with Gasteiger partial charge in [0, 0.05) is 5.69 Å². The van der Waals surface area contributed by atoms with E-state index in [0.29, 0.717) is 6.54 Å². The van der Waals surface area contributed by atoms with Crippen LogP contribution < -0.4 is 10.6 Å². The normalized spacial score (nSPS) is 10.8. The number of nitrogens with one attached hydrogen (secondary N) is 2. The number of nitrogens with zero attached hydrogens (tertiary/aromatic N) is 1. The van der Waals surface area contributed by atoms with Gasteiger partial charge in [-0.2, -0.15) is 0 Å². The third kappa shape index (κ3) is 5.60. The molecule has 0 heterocycles. The van der Waals surface area contributed by atoms with Crippen LogP contribution in [0, 0.1) is 18.6 Å². The van der Waals surface area contributed by atoms with E-state index < -0.39 is 23.2 Å². The van der Waals surface area contributed by atoms with Crippen molar-refractivity contribution in [3.8, 4) is 0 Å². The lowest BCUT2D eigenvalue weighted by atomic mass is 10.1. The third-order valence-electron chi connectivity index (χ3n) is 4.41. The molecule has 0 spiro atoms. The largest absolute Gasteiger partial charge is 0.324 e. The minimum absolute atomic E-state index is 0.0127. The Labute approximate surface area is 163 Å². The van der Waals surface area contributed by atoms with Gasteiger partial charge in [-0.05, 0) is 43.1 Å². The molecule has 0 aliphatic carbocycles. The molecule has 2 amide bonds. The van der Waals surface area contributed by atoms with Gasteiger partial charge in [-0.25, -0.2) is 8.78 Å². The summed E-state index contributed by atoms with van der Waals surface area (Å²) in [7, 11) is 0. The molecule has 28 heavy (non-hydrogen) atoms. The number of anilines is 2. The number of benzene rings is 2. The molecule has 0 bridgehead atoms. The van der Waals surface area contributed by atoms with E-state index in [1.165, 1.54) is 6.07 Å². The maximum Gasteiger partial charge on any atom is 0.238 e. The van der Waals surface area contributed by atoms with Gasteiger partial charge in [-0.15, -0.1) is 0 Å². The van der Waals surface area contributed by atoms with Crippen LogP contribution >= 0.6 is 0 Å². The van der Waals surface area contributed by atoms with Gasteiger partial charge in [0.25, 0.3) is 0 Å². The number of carbonyl (C=O) groups is 2. The van der Waals surface area contributed by atoms with Gasteiger partial charge in [0.2, 0.25) is 11.8 Å². The van der Waals surface area contributed by atoms with Crippen molar-refractivity contribution in [2.45, 2.75) is 27.2 Å². The summed E-state index contributed by atoms with van der Waals surface area (Å²) in [6, 6.07) is 9.17. The molecule has 0 saturated heterocycles. The van der Waals surface area contributed by atoms with E-state index in [2.05, 4.69) is 10.6 Å². The molecule has 0 radical (unpaired) electrons. The summed E-state index contributed by atoms with van der Waals surface area (Å²) >= 11 is 0. The Kier molecular flexibility index (Phi) is 7.63. The monoisotopic (exact) mass is 389 g/mol. The van der Waals surface area contributed by atoms with E-state index in [0.717, 1.165) is 35.4 Å². The second-order valence-corrected chi connectivity index (χ2v) is 6.46. The van der Waals surface area contributed by atoms with Crippen LogP contribution in [0.3, 0.4) is 0 Å². The summed E-state index contributed by atoms with van der Waals surface area (Å²) < 4.78 is 27.3. The zero-order valence-corrected chi connectivity index (χ0v) is 16.3. The second-order valence-electron chi connectivity index (χ2n) is 6.46. The molecule has 0 aromatic heterocycles. The second kappa shape index (κ2) is 9.94. The molecule has 2 rings (SSSR count). The van der Waals surface area contributed by atoms with Crippen molar-refractivity contribution < 1.29 is 18.4 Å². The van der Waals surface area contributed by atoms with Gasteiger partial charge in [0.15, 0.2) is 0 Å². The lowest BCUT2D eigenvalue weighted by Gasteiger charge is -2.20. The van der Waals surface area contributed by atoms with Gasteiger partial charge < -0.3 is 10.6 Å². The molecule has 0 saturated carbocycles. The van der Waals surface area contributed by atoms with Crippen LogP contribution in [0.1, 0.15) is 25.0 Å². The predicted octanol–water partition coefficient (Wildman–Crippen LogP) is 3.73. The van der Waals surface area contributed by atoms with Crippen LogP contribution in [0.4, 0.5) is 20.2 Å². The van der Waals surface area contributed by atoms with Crippen LogP contribution in [-0.2, 0) is 16.0 Å². The van der Waals surface area contributed by atoms with Gasteiger partial charge >= 0.3 is 0 Å². The number of halogens is 2. The average molecular weight is 389 g/mol. The van der Waals surface area contributed by atoms with Crippen molar-refractivity contribution in [1.29, 1.82) is 0 Å². The van der Waals surface area contributed by atoms with E-state index in [9.17, 15) is 18.4 Å². The topological polar surface area (TPSA) is 61.4 Å². The first-order chi connectivity index (χ1) is 13.3. The molecule has 0 atom stereocenters. The average Bonchev–Trinajstić information content (AvgIpc) is 2.66. The Morgan fingerprint density at radius 2 is 1.43 bits per heavy atom. The molecular formula is C21H25F2N3O2. The number of aryl methyl sites for hydroxylation is 2. The fourth-order valence-corrected chi connectivity index (χ4v) is 2.86. The molecule has 0 aliphatic heterocycles. The predicted molar refractivity (Wildman–Crippen MR) is 106 cm³/mol. The fraction of sp³-hybridized carbons (Fsp3) is 0.333. The Balaban J connectivity index is 1.98. The Morgan fingerprint density at radius 3 is 1.96 bits per heavy atom. The minimum atomic E-state index is -0.846. The zero-order valence-electron chi connectivity index (χ0n) is 16.3. The molecule has 7 heteroatoms. The highest BCUT2D eigenvalue weighted by atomic mass is 19.1. The fourth-order valence-electron chi connectivity index (χ4n) is 2.86. The molecule has 5 nitrogen and oxygen atoms in total. The van der Waals surface area contributed by atoms with Crippen molar-refractivity contribution in [2.75, 3.05) is 30.3 Å². The van der Waals surface area contributed by atoms with Gasteiger partial charge in [0.05, 0.1) is 13.1 Å². The summed E-state index contributed by atoms with van der Waals surface area (Å²) in [6.45, 7) is 5.98. The number of hydrogen-bond donors (Lipinski definition) is 2. The smallest absolute Gasteiger partial charge is 0.238 e. The van der Waals surface area contributed by atoms with E-state index in [1.807, 2.05) is 32.0 Å². The van der Waals surface area contributed by atoms with Crippen molar-refractivity contribution in [1.82, 2.24) is 4.90 Å². The highest BCUT2D eigenvalue weighted by Gasteiger charge is 2.17. The summed E-state index contributed by atoms with van der Waals surface area (Å²) in [5.74, 6) is -2.54. The molecule has 2 N–H and O–H groups in total. The lowest BCUT2D eigenvalue weighted by molar-refractivity contribution is -0.120. The van der Waals surface area contributed by atoms with Gasteiger partial charge in [0.1, 0.15) is 17.3 Å². The summed E-state index contributed by atoms with van der Waals surface area (Å²) in [5.41, 5.74) is 2.29. The number of rotatable bonds is 8. The van der Waals surface area contributed by atoms with Crippen LogP contribution in [0.25, 0.3) is 0 Å². The molecule has 150 valence electrons. The molecular weight excluding hydrogens is 364 g/mol. The van der Waals surface area contributed by atoms with E-state index >= 15 is 0 Å². The van der Waals surface area contributed by atoms with E-state index in [4.69, 9.17) is 0 Å². The van der Waals surface area contributed by atoms with Crippen LogP contribution in [0.5, 0.6) is 0 Å². The number of hydrogen-bond acceptors (Lipinski definition) is 3. The number of carbonyl (C=O) groups excluding carboxylic acids is 2. The minimum Gasteiger partial charge on any atom is -0.324 e. The van der Waals surface area contributed by atoms with Crippen molar-refractivity contribution in [3.05, 3.63) is 59.2 Å². The number of amides is 2. The van der Waals surface area contributed by atoms with E-state index in [-0.39, 0.29) is 19.0 Å². The highest BCUT2D eigenvalue weighted by molar-refractivity contribution is 5.95. The summed E-state index contributed by atoms with van der Waals surface area (Å²) in [5, 5.41) is 5.13. The van der Waals surface area contributed by atoms with Crippen molar-refractivity contribution in [3.63, 3.8) is 0 Å². The quantitative estimate of drug-likeness (QED) is 0.723. The number of para-hydroxylation sites is 2. The molecule has 2 aromatic carbocycles. The maximum atomic E-state index is 13.7. The van der Waals surface area contributed by atoms with Crippen LogP contribution in [0.15, 0.2) is 36.4 Å². The first kappa shape index (κ1) is 21.5. The summed E-state index contributed by atoms with van der Waals surface area (Å²) in [4.78, 5) is 26.2. The summed E-state index contributed by atoms with van der Waals surface area (Å²) in [6.07, 6.45) is 0.783. The Hall–Kier alpha value is -2.80. The Morgan fingerprint density at radius 1 is 0.893 bits per heavy atom. The first-order valence-corrected chi connectivity index (χ1v) is 9.20. The van der Waals surface area contributed by atoms with Gasteiger partial charge in [-0.1, -0.05) is 38.1 Å². The number of likely N-dealkylation sites (N-methyl/N-ethyl adjacent to an activating group) is 1. The standard InChI is InChI=1S/C21H25F2N3O2/c1-4-15-9-6-8-14(3)20(15)24-18(27)12-26(5-2)13-19(28)25-21-16(22)10-7-11-17(21)23/h6-11H,4-5,12-13H2,1-3H3,(H,24,27)(H,25,28).